The molecule has 0 saturated carbocycles. The van der Waals surface area contributed by atoms with Gasteiger partial charge in [-0.05, 0) is 18.6 Å². The van der Waals surface area contributed by atoms with E-state index < -0.39 is 0 Å². The van der Waals surface area contributed by atoms with E-state index in [4.69, 9.17) is 10.2 Å². The fourth-order valence-electron chi connectivity index (χ4n) is 1.77. The van der Waals surface area contributed by atoms with E-state index in [0.717, 1.165) is 17.3 Å². The van der Waals surface area contributed by atoms with Crippen LogP contribution >= 0.6 is 11.8 Å². The molecule has 1 aliphatic rings. The lowest BCUT2D eigenvalue weighted by atomic mass is 10.1. The maximum Gasteiger partial charge on any atom is 0.198 e. The Morgan fingerprint density at radius 3 is 3.27 bits per heavy atom. The molecule has 1 aliphatic heterocycles. The first-order valence-corrected chi connectivity index (χ1v) is 6.70. The molecule has 15 heavy (non-hydrogen) atoms. The summed E-state index contributed by atoms with van der Waals surface area (Å²) in [6, 6.07) is 0. The molecule has 0 bridgehead atoms. The van der Waals surface area contributed by atoms with E-state index in [1.165, 1.54) is 18.6 Å². The SMILES string of the molecule is CC(CN)c1coc(C2CCCSC2)n1. The van der Waals surface area contributed by atoms with Crippen LogP contribution in [0.1, 0.15) is 43.2 Å². The van der Waals surface area contributed by atoms with Crippen molar-refractivity contribution in [3.8, 4) is 0 Å². The topological polar surface area (TPSA) is 52.0 Å². The van der Waals surface area contributed by atoms with Crippen LogP contribution in [-0.2, 0) is 0 Å². The van der Waals surface area contributed by atoms with Crippen molar-refractivity contribution in [3.05, 3.63) is 17.8 Å². The molecule has 1 saturated heterocycles. The van der Waals surface area contributed by atoms with Crippen LogP contribution in [0.5, 0.6) is 0 Å². The zero-order valence-corrected chi connectivity index (χ0v) is 9.93. The van der Waals surface area contributed by atoms with Crippen molar-refractivity contribution < 1.29 is 4.42 Å². The summed E-state index contributed by atoms with van der Waals surface area (Å²) in [5.41, 5.74) is 6.61. The average Bonchev–Trinajstić information content (AvgIpc) is 2.78. The van der Waals surface area contributed by atoms with Crippen LogP contribution in [0.25, 0.3) is 0 Å². The van der Waals surface area contributed by atoms with E-state index in [9.17, 15) is 0 Å². The molecule has 84 valence electrons. The van der Waals surface area contributed by atoms with Crippen molar-refractivity contribution in [2.75, 3.05) is 18.1 Å². The molecule has 4 heteroatoms. The molecular weight excluding hydrogens is 208 g/mol. The van der Waals surface area contributed by atoms with Gasteiger partial charge in [-0.3, -0.25) is 0 Å². The predicted molar refractivity (Wildman–Crippen MR) is 63.3 cm³/mol. The normalized spacial score (nSPS) is 24.0. The highest BCUT2D eigenvalue weighted by Gasteiger charge is 2.21. The Morgan fingerprint density at radius 2 is 2.60 bits per heavy atom. The van der Waals surface area contributed by atoms with E-state index in [1.54, 1.807) is 6.26 Å². The lowest BCUT2D eigenvalue weighted by molar-refractivity contribution is 0.443. The number of rotatable bonds is 3. The van der Waals surface area contributed by atoms with Gasteiger partial charge in [0.25, 0.3) is 0 Å². The van der Waals surface area contributed by atoms with Crippen molar-refractivity contribution in [2.45, 2.75) is 31.6 Å². The summed E-state index contributed by atoms with van der Waals surface area (Å²) in [6.45, 7) is 2.71. The predicted octanol–water partition coefficient (Wildman–Crippen LogP) is 2.35. The molecule has 0 spiro atoms. The zero-order chi connectivity index (χ0) is 10.7. The summed E-state index contributed by atoms with van der Waals surface area (Å²) in [4.78, 5) is 4.54. The second-order valence-electron chi connectivity index (χ2n) is 4.16. The second-order valence-corrected chi connectivity index (χ2v) is 5.31. The van der Waals surface area contributed by atoms with Crippen LogP contribution in [0.2, 0.25) is 0 Å². The quantitative estimate of drug-likeness (QED) is 0.859. The average molecular weight is 226 g/mol. The first-order chi connectivity index (χ1) is 7.31. The third kappa shape index (κ3) is 2.55. The Morgan fingerprint density at radius 1 is 1.73 bits per heavy atom. The Hall–Kier alpha value is -0.480. The molecule has 1 aromatic rings. The van der Waals surface area contributed by atoms with Crippen molar-refractivity contribution in [3.63, 3.8) is 0 Å². The van der Waals surface area contributed by atoms with Gasteiger partial charge in [0.1, 0.15) is 6.26 Å². The van der Waals surface area contributed by atoms with Gasteiger partial charge >= 0.3 is 0 Å². The van der Waals surface area contributed by atoms with Crippen LogP contribution in [0.3, 0.4) is 0 Å². The molecule has 2 heterocycles. The standard InChI is InChI=1S/C11H18N2OS/c1-8(5-12)10-6-14-11(13-10)9-3-2-4-15-7-9/h6,8-9H,2-5,7,12H2,1H3. The Balaban J connectivity index is 2.05. The fraction of sp³-hybridized carbons (Fsp3) is 0.727. The monoisotopic (exact) mass is 226 g/mol. The Labute approximate surface area is 94.8 Å². The van der Waals surface area contributed by atoms with E-state index >= 15 is 0 Å². The molecule has 2 N–H and O–H groups in total. The van der Waals surface area contributed by atoms with E-state index in [-0.39, 0.29) is 0 Å². The number of thioether (sulfide) groups is 1. The van der Waals surface area contributed by atoms with Crippen LogP contribution in [0.4, 0.5) is 0 Å². The van der Waals surface area contributed by atoms with E-state index in [0.29, 0.717) is 18.4 Å². The van der Waals surface area contributed by atoms with E-state index in [2.05, 4.69) is 11.9 Å². The molecular formula is C11H18N2OS. The summed E-state index contributed by atoms with van der Waals surface area (Å²) in [7, 11) is 0. The third-order valence-electron chi connectivity index (χ3n) is 2.91. The van der Waals surface area contributed by atoms with Crippen molar-refractivity contribution in [1.29, 1.82) is 0 Å². The largest absolute Gasteiger partial charge is 0.448 e. The number of oxazole rings is 1. The number of nitrogens with zero attached hydrogens (tertiary/aromatic N) is 1. The van der Waals surface area contributed by atoms with Gasteiger partial charge in [0, 0.05) is 24.1 Å². The Bertz CT molecular complexity index is 307. The van der Waals surface area contributed by atoms with Crippen molar-refractivity contribution in [1.82, 2.24) is 4.98 Å². The van der Waals surface area contributed by atoms with Crippen LogP contribution in [0.15, 0.2) is 10.7 Å². The summed E-state index contributed by atoms with van der Waals surface area (Å²) < 4.78 is 5.55. The highest BCUT2D eigenvalue weighted by Crippen LogP contribution is 2.31. The minimum absolute atomic E-state index is 0.304. The maximum absolute atomic E-state index is 5.61. The summed E-state index contributed by atoms with van der Waals surface area (Å²) >= 11 is 2.00. The molecule has 3 nitrogen and oxygen atoms in total. The lowest BCUT2D eigenvalue weighted by Gasteiger charge is -2.17. The fourth-order valence-corrected chi connectivity index (χ4v) is 2.90. The van der Waals surface area contributed by atoms with E-state index in [1.807, 2.05) is 11.8 Å². The molecule has 0 amide bonds. The van der Waals surface area contributed by atoms with Gasteiger partial charge < -0.3 is 10.2 Å². The van der Waals surface area contributed by atoms with Crippen molar-refractivity contribution >= 4 is 11.8 Å². The molecule has 2 atom stereocenters. The molecule has 0 aliphatic carbocycles. The van der Waals surface area contributed by atoms with Gasteiger partial charge in [-0.15, -0.1) is 0 Å². The molecule has 1 fully saturated rings. The molecule has 2 unspecified atom stereocenters. The number of hydrogen-bond acceptors (Lipinski definition) is 4. The minimum atomic E-state index is 0.304. The van der Waals surface area contributed by atoms with Crippen LogP contribution in [-0.4, -0.2) is 23.0 Å². The summed E-state index contributed by atoms with van der Waals surface area (Å²) in [5, 5.41) is 0. The highest BCUT2D eigenvalue weighted by atomic mass is 32.2. The van der Waals surface area contributed by atoms with Crippen LogP contribution in [0, 0.1) is 0 Å². The Kier molecular flexibility index (Phi) is 3.70. The number of aromatic nitrogens is 1. The smallest absolute Gasteiger partial charge is 0.198 e. The first kappa shape index (κ1) is 11.0. The highest BCUT2D eigenvalue weighted by molar-refractivity contribution is 7.99. The van der Waals surface area contributed by atoms with Gasteiger partial charge in [-0.2, -0.15) is 11.8 Å². The summed E-state index contributed by atoms with van der Waals surface area (Å²) in [5.74, 6) is 4.17. The molecule has 0 aromatic carbocycles. The first-order valence-electron chi connectivity index (χ1n) is 5.54. The van der Waals surface area contributed by atoms with Gasteiger partial charge in [-0.25, -0.2) is 4.98 Å². The lowest BCUT2D eigenvalue weighted by Crippen LogP contribution is -2.11. The van der Waals surface area contributed by atoms with Gasteiger partial charge in [0.2, 0.25) is 0 Å². The maximum atomic E-state index is 5.61. The van der Waals surface area contributed by atoms with Crippen LogP contribution < -0.4 is 5.73 Å². The zero-order valence-electron chi connectivity index (χ0n) is 9.11. The molecule has 0 radical (unpaired) electrons. The molecule has 1 aromatic heterocycles. The number of nitrogens with two attached hydrogens (primary N) is 1. The van der Waals surface area contributed by atoms with Crippen molar-refractivity contribution in [2.24, 2.45) is 5.73 Å². The second kappa shape index (κ2) is 5.03. The molecule has 2 rings (SSSR count). The van der Waals surface area contributed by atoms with Gasteiger partial charge in [-0.1, -0.05) is 6.92 Å². The van der Waals surface area contributed by atoms with Gasteiger partial charge in [0.05, 0.1) is 5.69 Å². The minimum Gasteiger partial charge on any atom is -0.448 e. The van der Waals surface area contributed by atoms with Gasteiger partial charge in [0.15, 0.2) is 5.89 Å². The number of hydrogen-bond donors (Lipinski definition) is 1. The summed E-state index contributed by atoms with van der Waals surface area (Å²) in [6.07, 6.45) is 4.26. The third-order valence-corrected chi connectivity index (χ3v) is 4.12.